The largest absolute Gasteiger partial charge is 0.493 e. The Morgan fingerprint density at radius 3 is 2.38 bits per heavy atom. The Hall–Kier alpha value is -1.02. The standard InChI is InChI=1S/C14H23NO/c1-6-16-14-9(2)7-13(8-10(3)15)11(4)12(14)5/h7,10H,6,8,15H2,1-5H3. The molecule has 0 aromatic heterocycles. The van der Waals surface area contributed by atoms with Gasteiger partial charge in [-0.05, 0) is 63.3 Å². The van der Waals surface area contributed by atoms with Crippen molar-refractivity contribution in [2.75, 3.05) is 6.61 Å². The molecule has 1 unspecified atom stereocenters. The molecule has 0 saturated heterocycles. The van der Waals surface area contributed by atoms with Crippen LogP contribution in [0.3, 0.4) is 0 Å². The molecule has 16 heavy (non-hydrogen) atoms. The van der Waals surface area contributed by atoms with Crippen LogP contribution >= 0.6 is 0 Å². The highest BCUT2D eigenvalue weighted by atomic mass is 16.5. The van der Waals surface area contributed by atoms with E-state index >= 15 is 0 Å². The summed E-state index contributed by atoms with van der Waals surface area (Å²) in [5.74, 6) is 1.04. The van der Waals surface area contributed by atoms with Gasteiger partial charge in [-0.2, -0.15) is 0 Å². The van der Waals surface area contributed by atoms with Crippen LogP contribution in [0.4, 0.5) is 0 Å². The smallest absolute Gasteiger partial charge is 0.125 e. The fraction of sp³-hybridized carbons (Fsp3) is 0.571. The summed E-state index contributed by atoms with van der Waals surface area (Å²) in [6, 6.07) is 2.41. The molecule has 0 radical (unpaired) electrons. The summed E-state index contributed by atoms with van der Waals surface area (Å²) < 4.78 is 5.68. The highest BCUT2D eigenvalue weighted by Crippen LogP contribution is 2.29. The van der Waals surface area contributed by atoms with E-state index in [2.05, 4.69) is 26.8 Å². The lowest BCUT2D eigenvalue weighted by atomic mass is 9.95. The van der Waals surface area contributed by atoms with Gasteiger partial charge >= 0.3 is 0 Å². The molecule has 0 fully saturated rings. The molecule has 0 spiro atoms. The molecule has 0 saturated carbocycles. The van der Waals surface area contributed by atoms with Crippen LogP contribution in [-0.2, 0) is 6.42 Å². The summed E-state index contributed by atoms with van der Waals surface area (Å²) in [4.78, 5) is 0. The van der Waals surface area contributed by atoms with Gasteiger partial charge in [0.25, 0.3) is 0 Å². The normalized spacial score (nSPS) is 12.6. The zero-order chi connectivity index (χ0) is 12.3. The maximum atomic E-state index is 5.86. The van der Waals surface area contributed by atoms with Crippen LogP contribution in [0.1, 0.15) is 36.1 Å². The van der Waals surface area contributed by atoms with E-state index < -0.39 is 0 Å². The molecular formula is C14H23NO. The number of ether oxygens (including phenoxy) is 1. The number of hydrogen-bond acceptors (Lipinski definition) is 2. The van der Waals surface area contributed by atoms with E-state index in [-0.39, 0.29) is 6.04 Å². The Bertz CT molecular complexity index is 369. The summed E-state index contributed by atoms with van der Waals surface area (Å²) in [5, 5.41) is 0. The van der Waals surface area contributed by atoms with Gasteiger partial charge in [0.2, 0.25) is 0 Å². The molecule has 1 atom stereocenters. The Morgan fingerprint density at radius 2 is 1.88 bits per heavy atom. The maximum absolute atomic E-state index is 5.86. The van der Waals surface area contributed by atoms with Gasteiger partial charge in [0, 0.05) is 6.04 Å². The lowest BCUT2D eigenvalue weighted by Crippen LogP contribution is -2.19. The van der Waals surface area contributed by atoms with Crippen molar-refractivity contribution in [3.63, 3.8) is 0 Å². The molecule has 0 aliphatic rings. The molecule has 0 heterocycles. The first-order valence-corrected chi connectivity index (χ1v) is 5.95. The van der Waals surface area contributed by atoms with Crippen LogP contribution in [0.2, 0.25) is 0 Å². The van der Waals surface area contributed by atoms with E-state index in [1.165, 1.54) is 22.3 Å². The van der Waals surface area contributed by atoms with Crippen LogP contribution < -0.4 is 10.5 Å². The molecule has 0 bridgehead atoms. The third kappa shape index (κ3) is 2.76. The molecule has 1 rings (SSSR count). The van der Waals surface area contributed by atoms with Gasteiger partial charge in [0.1, 0.15) is 5.75 Å². The van der Waals surface area contributed by atoms with Crippen molar-refractivity contribution in [1.82, 2.24) is 0 Å². The van der Waals surface area contributed by atoms with Gasteiger partial charge in [-0.15, -0.1) is 0 Å². The van der Waals surface area contributed by atoms with Crippen LogP contribution in [0.15, 0.2) is 6.07 Å². The van der Waals surface area contributed by atoms with E-state index in [0.29, 0.717) is 6.61 Å². The summed E-state index contributed by atoms with van der Waals surface area (Å²) >= 11 is 0. The minimum absolute atomic E-state index is 0.204. The van der Waals surface area contributed by atoms with E-state index in [1.54, 1.807) is 0 Å². The summed E-state index contributed by atoms with van der Waals surface area (Å²) in [6.07, 6.45) is 0.930. The Kier molecular flexibility index (Phi) is 4.36. The van der Waals surface area contributed by atoms with Crippen molar-refractivity contribution >= 4 is 0 Å². The van der Waals surface area contributed by atoms with Gasteiger partial charge in [0.05, 0.1) is 6.61 Å². The summed E-state index contributed by atoms with van der Waals surface area (Å²) in [5.41, 5.74) is 11.0. The average Bonchev–Trinajstić information content (AvgIpc) is 2.20. The van der Waals surface area contributed by atoms with Crippen molar-refractivity contribution in [2.24, 2.45) is 5.73 Å². The maximum Gasteiger partial charge on any atom is 0.125 e. The fourth-order valence-corrected chi connectivity index (χ4v) is 2.07. The lowest BCUT2D eigenvalue weighted by Gasteiger charge is -2.17. The fourth-order valence-electron chi connectivity index (χ4n) is 2.07. The van der Waals surface area contributed by atoms with Crippen molar-refractivity contribution in [1.29, 1.82) is 0 Å². The minimum atomic E-state index is 0.204. The van der Waals surface area contributed by atoms with Crippen molar-refractivity contribution in [3.05, 3.63) is 28.3 Å². The van der Waals surface area contributed by atoms with Gasteiger partial charge in [0.15, 0.2) is 0 Å². The van der Waals surface area contributed by atoms with E-state index in [1.807, 2.05) is 13.8 Å². The minimum Gasteiger partial charge on any atom is -0.493 e. The van der Waals surface area contributed by atoms with E-state index in [4.69, 9.17) is 10.5 Å². The van der Waals surface area contributed by atoms with Crippen LogP contribution in [-0.4, -0.2) is 12.6 Å². The molecular weight excluding hydrogens is 198 g/mol. The first kappa shape index (κ1) is 13.0. The van der Waals surface area contributed by atoms with Gasteiger partial charge < -0.3 is 10.5 Å². The molecule has 2 nitrogen and oxygen atoms in total. The number of aryl methyl sites for hydroxylation is 1. The zero-order valence-electron chi connectivity index (χ0n) is 11.1. The Labute approximate surface area is 98.8 Å². The monoisotopic (exact) mass is 221 g/mol. The van der Waals surface area contributed by atoms with Crippen molar-refractivity contribution < 1.29 is 4.74 Å². The SMILES string of the molecule is CCOc1c(C)cc(CC(C)N)c(C)c1C. The van der Waals surface area contributed by atoms with Crippen molar-refractivity contribution in [2.45, 2.75) is 47.1 Å². The second kappa shape index (κ2) is 5.35. The van der Waals surface area contributed by atoms with Crippen molar-refractivity contribution in [3.8, 4) is 5.75 Å². The van der Waals surface area contributed by atoms with Gasteiger partial charge in [-0.3, -0.25) is 0 Å². The Balaban J connectivity index is 3.16. The third-order valence-electron chi connectivity index (χ3n) is 2.96. The Morgan fingerprint density at radius 1 is 1.25 bits per heavy atom. The topological polar surface area (TPSA) is 35.2 Å². The van der Waals surface area contributed by atoms with Gasteiger partial charge in [-0.1, -0.05) is 6.07 Å². The number of hydrogen-bond donors (Lipinski definition) is 1. The first-order chi connectivity index (χ1) is 7.47. The molecule has 0 aliphatic heterocycles. The second-order valence-corrected chi connectivity index (χ2v) is 4.55. The summed E-state index contributed by atoms with van der Waals surface area (Å²) in [6.45, 7) is 11.1. The van der Waals surface area contributed by atoms with Crippen LogP contribution in [0, 0.1) is 20.8 Å². The molecule has 1 aromatic rings. The molecule has 1 aromatic carbocycles. The molecule has 2 heteroatoms. The number of benzene rings is 1. The summed E-state index contributed by atoms with van der Waals surface area (Å²) in [7, 11) is 0. The number of rotatable bonds is 4. The van der Waals surface area contributed by atoms with Crippen LogP contribution in [0.5, 0.6) is 5.75 Å². The highest BCUT2D eigenvalue weighted by molar-refractivity contribution is 5.49. The molecule has 2 N–H and O–H groups in total. The van der Waals surface area contributed by atoms with Crippen LogP contribution in [0.25, 0.3) is 0 Å². The quantitative estimate of drug-likeness (QED) is 0.848. The molecule has 0 amide bonds. The third-order valence-corrected chi connectivity index (χ3v) is 2.96. The second-order valence-electron chi connectivity index (χ2n) is 4.55. The van der Waals surface area contributed by atoms with E-state index in [9.17, 15) is 0 Å². The predicted octanol–water partition coefficient (Wildman–Crippen LogP) is 2.90. The predicted molar refractivity (Wildman–Crippen MR) is 69.2 cm³/mol. The highest BCUT2D eigenvalue weighted by Gasteiger charge is 2.11. The number of nitrogens with two attached hydrogens (primary N) is 1. The zero-order valence-corrected chi connectivity index (χ0v) is 11.1. The molecule has 90 valence electrons. The van der Waals surface area contributed by atoms with E-state index in [0.717, 1.165) is 12.2 Å². The van der Waals surface area contributed by atoms with Gasteiger partial charge in [-0.25, -0.2) is 0 Å². The first-order valence-electron chi connectivity index (χ1n) is 5.95. The lowest BCUT2D eigenvalue weighted by molar-refractivity contribution is 0.335. The molecule has 0 aliphatic carbocycles. The average molecular weight is 221 g/mol.